The highest BCUT2D eigenvalue weighted by Crippen LogP contribution is 2.18. The quantitative estimate of drug-likeness (QED) is 0.635. The Hall–Kier alpha value is -1.44. The first-order valence-electron chi connectivity index (χ1n) is 5.73. The maximum Gasteiger partial charge on any atom is 0.335 e. The van der Waals surface area contributed by atoms with Crippen LogP contribution in [0.5, 0.6) is 0 Å². The molecular formula is C12H14O6S. The van der Waals surface area contributed by atoms with Gasteiger partial charge in [0, 0.05) is 6.42 Å². The van der Waals surface area contributed by atoms with E-state index in [0.29, 0.717) is 0 Å². The molecule has 7 heteroatoms. The highest BCUT2D eigenvalue weighted by Gasteiger charge is 2.34. The van der Waals surface area contributed by atoms with Crippen LogP contribution in [0.3, 0.4) is 0 Å². The van der Waals surface area contributed by atoms with Crippen LogP contribution in [0.25, 0.3) is 0 Å². The Morgan fingerprint density at radius 2 is 2.00 bits per heavy atom. The van der Waals surface area contributed by atoms with Gasteiger partial charge < -0.3 is 9.84 Å². The van der Waals surface area contributed by atoms with Crippen LogP contribution in [0.4, 0.5) is 0 Å². The summed E-state index contributed by atoms with van der Waals surface area (Å²) < 4.78 is 33.2. The summed E-state index contributed by atoms with van der Waals surface area (Å²) in [6.07, 6.45) is -1.89. The molecular weight excluding hydrogens is 272 g/mol. The van der Waals surface area contributed by atoms with E-state index in [0.717, 1.165) is 5.56 Å². The second kappa shape index (κ2) is 5.28. The zero-order valence-electron chi connectivity index (χ0n) is 10.3. The summed E-state index contributed by atoms with van der Waals surface area (Å²) in [5, 5.41) is 9.17. The molecule has 1 aromatic carbocycles. The maximum absolute atomic E-state index is 11.8. The lowest BCUT2D eigenvalue weighted by molar-refractivity contribution is -0.148. The molecule has 2 atom stereocenters. The number of carbonyl (C=O) groups is 1. The van der Waals surface area contributed by atoms with Gasteiger partial charge in [0.1, 0.15) is 12.7 Å². The third-order valence-electron chi connectivity index (χ3n) is 2.76. The van der Waals surface area contributed by atoms with E-state index in [1.807, 2.05) is 6.92 Å². The zero-order chi connectivity index (χ0) is 14.0. The molecule has 1 heterocycles. The first-order chi connectivity index (χ1) is 8.88. The zero-order valence-corrected chi connectivity index (χ0v) is 11.1. The van der Waals surface area contributed by atoms with Gasteiger partial charge in [0.05, 0.1) is 4.90 Å². The Morgan fingerprint density at radius 3 is 2.53 bits per heavy atom. The van der Waals surface area contributed by atoms with Crippen molar-refractivity contribution in [2.75, 3.05) is 6.61 Å². The Bertz CT molecular complexity index is 562. The van der Waals surface area contributed by atoms with Crippen LogP contribution in [0.2, 0.25) is 0 Å². The van der Waals surface area contributed by atoms with Crippen molar-refractivity contribution in [3.05, 3.63) is 29.8 Å². The van der Waals surface area contributed by atoms with Crippen LogP contribution in [-0.2, 0) is 23.8 Å². The highest BCUT2D eigenvalue weighted by atomic mass is 32.2. The minimum Gasteiger partial charge on any atom is -0.458 e. The fourth-order valence-corrected chi connectivity index (χ4v) is 2.61. The van der Waals surface area contributed by atoms with Crippen molar-refractivity contribution in [3.8, 4) is 0 Å². The van der Waals surface area contributed by atoms with E-state index in [2.05, 4.69) is 0 Å². The van der Waals surface area contributed by atoms with Gasteiger partial charge in [-0.15, -0.1) is 0 Å². The van der Waals surface area contributed by atoms with Crippen molar-refractivity contribution in [1.29, 1.82) is 0 Å². The second-order valence-corrected chi connectivity index (χ2v) is 5.98. The minimum atomic E-state index is -3.87. The molecule has 0 aromatic heterocycles. The van der Waals surface area contributed by atoms with Crippen LogP contribution >= 0.6 is 0 Å². The molecule has 1 N–H and O–H groups in total. The summed E-state index contributed by atoms with van der Waals surface area (Å²) in [6.45, 7) is 1.55. The molecule has 0 unspecified atom stereocenters. The van der Waals surface area contributed by atoms with Crippen LogP contribution in [0, 0.1) is 6.92 Å². The summed E-state index contributed by atoms with van der Waals surface area (Å²) in [5.41, 5.74) is 0.937. The van der Waals surface area contributed by atoms with Gasteiger partial charge in [-0.2, -0.15) is 8.42 Å². The summed E-state index contributed by atoms with van der Waals surface area (Å²) in [6, 6.07) is 6.21. The van der Waals surface area contributed by atoms with Gasteiger partial charge in [0.2, 0.25) is 0 Å². The molecule has 1 saturated heterocycles. The normalized spacial score (nSPS) is 23.4. The fraction of sp³-hybridized carbons (Fsp3) is 0.417. The standard InChI is InChI=1S/C12H14O6S/c1-8-2-4-10(5-3-8)19(15,16)17-7-9-6-11(13)12(14)18-9/h2-5,9,11,13H,6-7H2,1H3/t9-,11-/m0/s1. The molecule has 104 valence electrons. The molecule has 6 nitrogen and oxygen atoms in total. The number of hydrogen-bond donors (Lipinski definition) is 1. The number of hydrogen-bond acceptors (Lipinski definition) is 6. The predicted octanol–water partition coefficient (Wildman–Crippen LogP) is 0.377. The Balaban J connectivity index is 1.99. The molecule has 0 radical (unpaired) electrons. The van der Waals surface area contributed by atoms with E-state index < -0.39 is 28.3 Å². The van der Waals surface area contributed by atoms with Crippen LogP contribution in [0.1, 0.15) is 12.0 Å². The molecule has 1 aliphatic rings. The van der Waals surface area contributed by atoms with E-state index in [-0.39, 0.29) is 17.9 Å². The topological polar surface area (TPSA) is 89.9 Å². The molecule has 0 bridgehead atoms. The summed E-state index contributed by atoms with van der Waals surface area (Å²) >= 11 is 0. The SMILES string of the molecule is Cc1ccc(S(=O)(=O)OC[C@@H]2C[C@H](O)C(=O)O2)cc1. The molecule has 1 fully saturated rings. The summed E-state index contributed by atoms with van der Waals surface area (Å²) in [5.74, 6) is -0.749. The van der Waals surface area contributed by atoms with Gasteiger partial charge >= 0.3 is 5.97 Å². The third-order valence-corrected chi connectivity index (χ3v) is 4.06. The van der Waals surface area contributed by atoms with Crippen molar-refractivity contribution in [1.82, 2.24) is 0 Å². The molecule has 1 aliphatic heterocycles. The number of aryl methyl sites for hydroxylation is 1. The van der Waals surface area contributed by atoms with E-state index in [1.54, 1.807) is 12.1 Å². The molecule has 2 rings (SSSR count). The number of carbonyl (C=O) groups excluding carboxylic acids is 1. The third kappa shape index (κ3) is 3.31. The van der Waals surface area contributed by atoms with E-state index in [1.165, 1.54) is 12.1 Å². The van der Waals surface area contributed by atoms with Crippen molar-refractivity contribution in [2.45, 2.75) is 30.4 Å². The largest absolute Gasteiger partial charge is 0.458 e. The van der Waals surface area contributed by atoms with E-state index in [4.69, 9.17) is 14.0 Å². The lowest BCUT2D eigenvalue weighted by Crippen LogP contribution is -2.19. The van der Waals surface area contributed by atoms with Crippen molar-refractivity contribution < 1.29 is 27.2 Å². The fourth-order valence-electron chi connectivity index (χ4n) is 1.68. The lowest BCUT2D eigenvalue weighted by Gasteiger charge is -2.10. The molecule has 19 heavy (non-hydrogen) atoms. The van der Waals surface area contributed by atoms with Crippen LogP contribution in [-0.4, -0.2) is 38.3 Å². The maximum atomic E-state index is 11.8. The van der Waals surface area contributed by atoms with Crippen molar-refractivity contribution in [2.24, 2.45) is 0 Å². The molecule has 0 amide bonds. The number of rotatable bonds is 4. The van der Waals surface area contributed by atoms with Gasteiger partial charge in [-0.3, -0.25) is 4.18 Å². The van der Waals surface area contributed by atoms with Gasteiger partial charge in [0.25, 0.3) is 10.1 Å². The van der Waals surface area contributed by atoms with Crippen LogP contribution < -0.4 is 0 Å². The number of esters is 1. The number of cyclic esters (lactones) is 1. The Kier molecular flexibility index (Phi) is 3.88. The second-order valence-electron chi connectivity index (χ2n) is 4.36. The van der Waals surface area contributed by atoms with Gasteiger partial charge in [-0.05, 0) is 19.1 Å². The van der Waals surface area contributed by atoms with Crippen molar-refractivity contribution in [3.63, 3.8) is 0 Å². The molecule has 0 saturated carbocycles. The summed E-state index contributed by atoms with van der Waals surface area (Å²) in [4.78, 5) is 11.0. The highest BCUT2D eigenvalue weighted by molar-refractivity contribution is 7.86. The average Bonchev–Trinajstić information content (AvgIpc) is 2.67. The van der Waals surface area contributed by atoms with E-state index >= 15 is 0 Å². The van der Waals surface area contributed by atoms with Crippen LogP contribution in [0.15, 0.2) is 29.2 Å². The lowest BCUT2D eigenvalue weighted by atomic mass is 10.2. The van der Waals surface area contributed by atoms with E-state index in [9.17, 15) is 13.2 Å². The first kappa shape index (κ1) is 14.0. The monoisotopic (exact) mass is 286 g/mol. The number of ether oxygens (including phenoxy) is 1. The number of aliphatic hydroxyl groups excluding tert-OH is 1. The van der Waals surface area contributed by atoms with Crippen molar-refractivity contribution >= 4 is 16.1 Å². The molecule has 0 spiro atoms. The molecule has 1 aromatic rings. The van der Waals surface area contributed by atoms with Gasteiger partial charge in [-0.25, -0.2) is 4.79 Å². The number of aliphatic hydroxyl groups is 1. The summed E-state index contributed by atoms with van der Waals surface area (Å²) in [7, 11) is -3.87. The van der Waals surface area contributed by atoms with Gasteiger partial charge in [0.15, 0.2) is 6.10 Å². The molecule has 0 aliphatic carbocycles. The minimum absolute atomic E-state index is 0.0439. The smallest absolute Gasteiger partial charge is 0.335 e. The predicted molar refractivity (Wildman–Crippen MR) is 64.8 cm³/mol. The van der Waals surface area contributed by atoms with Gasteiger partial charge in [-0.1, -0.05) is 17.7 Å². The number of benzene rings is 1. The Morgan fingerprint density at radius 1 is 1.37 bits per heavy atom. The average molecular weight is 286 g/mol. The first-order valence-corrected chi connectivity index (χ1v) is 7.14. The Labute approximate surface area is 111 Å².